The number of nitrogens with one attached hydrogen (secondary N) is 1. The van der Waals surface area contributed by atoms with Gasteiger partial charge in [0, 0.05) is 13.0 Å². The van der Waals surface area contributed by atoms with E-state index in [0.29, 0.717) is 12.3 Å². The van der Waals surface area contributed by atoms with Crippen LogP contribution >= 0.6 is 0 Å². The second kappa shape index (κ2) is 8.76. The molecule has 1 N–H and O–H groups in total. The number of likely N-dealkylation sites (tertiary alicyclic amines) is 1. The summed E-state index contributed by atoms with van der Waals surface area (Å²) in [4.78, 5) is 27.1. The molecule has 1 aliphatic heterocycles. The maximum atomic E-state index is 12.9. The Labute approximate surface area is 167 Å². The van der Waals surface area contributed by atoms with Crippen molar-refractivity contribution in [3.8, 4) is 0 Å². The molecule has 4 nitrogen and oxygen atoms in total. The summed E-state index contributed by atoms with van der Waals surface area (Å²) in [6.45, 7) is 0.887. The lowest BCUT2D eigenvalue weighted by molar-refractivity contribution is -0.133. The predicted molar refractivity (Wildman–Crippen MR) is 112 cm³/mol. The fraction of sp³-hybridized carbons (Fsp3) is 0.500. The van der Waals surface area contributed by atoms with E-state index in [1.165, 1.54) is 35.6 Å². The quantitative estimate of drug-likeness (QED) is 0.827. The van der Waals surface area contributed by atoms with Gasteiger partial charge in [-0.1, -0.05) is 61.7 Å². The number of rotatable bonds is 5. The van der Waals surface area contributed by atoms with Crippen molar-refractivity contribution in [1.29, 1.82) is 0 Å². The van der Waals surface area contributed by atoms with Crippen LogP contribution in [0.25, 0.3) is 10.8 Å². The van der Waals surface area contributed by atoms with Crippen LogP contribution in [0.5, 0.6) is 0 Å². The highest BCUT2D eigenvalue weighted by Crippen LogP contribution is 2.35. The third kappa shape index (κ3) is 4.21. The maximum absolute atomic E-state index is 12.9. The minimum atomic E-state index is 0.0288. The van der Waals surface area contributed by atoms with Crippen molar-refractivity contribution in [1.82, 2.24) is 10.2 Å². The van der Waals surface area contributed by atoms with Gasteiger partial charge in [-0.05, 0) is 47.9 Å². The molecule has 1 unspecified atom stereocenters. The van der Waals surface area contributed by atoms with Crippen molar-refractivity contribution in [3.05, 3.63) is 48.0 Å². The molecule has 1 heterocycles. The van der Waals surface area contributed by atoms with E-state index < -0.39 is 0 Å². The third-order valence-electron chi connectivity index (χ3n) is 6.39. The summed E-state index contributed by atoms with van der Waals surface area (Å²) in [6, 6.07) is 14.8. The van der Waals surface area contributed by atoms with Crippen molar-refractivity contribution in [3.63, 3.8) is 0 Å². The first-order valence-corrected chi connectivity index (χ1v) is 10.8. The molecular weight excluding hydrogens is 348 g/mol. The molecule has 1 saturated carbocycles. The second-order valence-corrected chi connectivity index (χ2v) is 8.30. The fourth-order valence-corrected chi connectivity index (χ4v) is 4.93. The van der Waals surface area contributed by atoms with Gasteiger partial charge in [-0.15, -0.1) is 0 Å². The molecule has 1 saturated heterocycles. The molecule has 2 aromatic rings. The van der Waals surface area contributed by atoms with E-state index in [0.717, 1.165) is 32.2 Å². The van der Waals surface area contributed by atoms with Gasteiger partial charge in [-0.2, -0.15) is 0 Å². The maximum Gasteiger partial charge on any atom is 0.242 e. The van der Waals surface area contributed by atoms with Gasteiger partial charge >= 0.3 is 0 Å². The Kier molecular flexibility index (Phi) is 5.94. The van der Waals surface area contributed by atoms with E-state index in [1.807, 2.05) is 11.0 Å². The van der Waals surface area contributed by atoms with Crippen molar-refractivity contribution < 1.29 is 9.59 Å². The molecule has 0 spiro atoms. The number of carbonyl (C=O) groups is 2. The van der Waals surface area contributed by atoms with Crippen LogP contribution in [0.15, 0.2) is 42.5 Å². The van der Waals surface area contributed by atoms with Gasteiger partial charge in [-0.3, -0.25) is 9.59 Å². The van der Waals surface area contributed by atoms with Gasteiger partial charge in [0.15, 0.2) is 0 Å². The smallest absolute Gasteiger partial charge is 0.242 e. The van der Waals surface area contributed by atoms with E-state index in [2.05, 4.69) is 41.7 Å². The second-order valence-electron chi connectivity index (χ2n) is 8.30. The molecule has 4 rings (SSSR count). The van der Waals surface area contributed by atoms with Crippen LogP contribution in [0.1, 0.15) is 63.0 Å². The molecule has 4 heteroatoms. The third-order valence-corrected chi connectivity index (χ3v) is 6.39. The average molecular weight is 379 g/mol. The molecule has 0 radical (unpaired) electrons. The van der Waals surface area contributed by atoms with E-state index in [-0.39, 0.29) is 24.4 Å². The van der Waals surface area contributed by atoms with Crippen molar-refractivity contribution >= 4 is 22.6 Å². The molecule has 0 bridgehead atoms. The number of fused-ring (bicyclic) bond motifs is 1. The molecule has 0 aromatic heterocycles. The summed E-state index contributed by atoms with van der Waals surface area (Å²) in [5.74, 6) is 0.563. The Morgan fingerprint density at radius 1 is 0.929 bits per heavy atom. The summed E-state index contributed by atoms with van der Waals surface area (Å²) in [5.41, 5.74) is 1.22. The van der Waals surface area contributed by atoms with Crippen LogP contribution in [0, 0.1) is 5.92 Å². The fourth-order valence-electron chi connectivity index (χ4n) is 4.93. The average Bonchev–Trinajstić information content (AvgIpc) is 3.22. The molecule has 2 aromatic carbocycles. The van der Waals surface area contributed by atoms with E-state index in [1.54, 1.807) is 0 Å². The summed E-state index contributed by atoms with van der Waals surface area (Å²) in [7, 11) is 0. The van der Waals surface area contributed by atoms with Gasteiger partial charge < -0.3 is 10.2 Å². The van der Waals surface area contributed by atoms with Gasteiger partial charge in [-0.25, -0.2) is 0 Å². The normalized spacial score (nSPS) is 20.4. The Hall–Kier alpha value is -2.36. The van der Waals surface area contributed by atoms with Crippen molar-refractivity contribution in [2.24, 2.45) is 5.92 Å². The standard InChI is InChI=1S/C24H30N2O2/c27-23(16-18-8-2-1-3-9-18)25-17-24(28)26-15-7-14-22(26)21-13-6-11-19-10-4-5-12-20(19)21/h4-6,10-13,18,22H,1-3,7-9,14-17H2,(H,25,27). The number of hydrogen-bond acceptors (Lipinski definition) is 2. The molecule has 2 fully saturated rings. The zero-order valence-electron chi connectivity index (χ0n) is 16.5. The van der Waals surface area contributed by atoms with Gasteiger partial charge in [0.05, 0.1) is 12.6 Å². The molecule has 2 aliphatic rings. The topological polar surface area (TPSA) is 49.4 Å². The van der Waals surface area contributed by atoms with Crippen LogP contribution in [0.4, 0.5) is 0 Å². The molecule has 1 atom stereocenters. The van der Waals surface area contributed by atoms with E-state index >= 15 is 0 Å². The lowest BCUT2D eigenvalue weighted by Gasteiger charge is -2.26. The monoisotopic (exact) mass is 378 g/mol. The lowest BCUT2D eigenvalue weighted by atomic mass is 9.87. The molecule has 148 valence electrons. The minimum absolute atomic E-state index is 0.0288. The van der Waals surface area contributed by atoms with Crippen molar-refractivity contribution in [2.75, 3.05) is 13.1 Å². The van der Waals surface area contributed by atoms with Gasteiger partial charge in [0.2, 0.25) is 11.8 Å². The Bertz CT molecular complexity index is 836. The Morgan fingerprint density at radius 3 is 2.57 bits per heavy atom. The van der Waals surface area contributed by atoms with Crippen LogP contribution in [-0.4, -0.2) is 29.8 Å². The summed E-state index contributed by atoms with van der Waals surface area (Å²) < 4.78 is 0. The Balaban J connectivity index is 1.39. The summed E-state index contributed by atoms with van der Waals surface area (Å²) >= 11 is 0. The zero-order chi connectivity index (χ0) is 19.3. The number of carbonyl (C=O) groups excluding carboxylic acids is 2. The first-order chi connectivity index (χ1) is 13.7. The van der Waals surface area contributed by atoms with Crippen LogP contribution in [0.3, 0.4) is 0 Å². The van der Waals surface area contributed by atoms with Crippen LogP contribution in [-0.2, 0) is 9.59 Å². The molecule has 28 heavy (non-hydrogen) atoms. The number of benzene rings is 2. The highest BCUT2D eigenvalue weighted by molar-refractivity contribution is 5.88. The zero-order valence-corrected chi connectivity index (χ0v) is 16.5. The largest absolute Gasteiger partial charge is 0.347 e. The van der Waals surface area contributed by atoms with Gasteiger partial charge in [0.1, 0.15) is 0 Å². The van der Waals surface area contributed by atoms with E-state index in [9.17, 15) is 9.59 Å². The first kappa shape index (κ1) is 19.0. The predicted octanol–water partition coefficient (Wildman–Crippen LogP) is 4.59. The minimum Gasteiger partial charge on any atom is -0.347 e. The number of hydrogen-bond donors (Lipinski definition) is 1. The SMILES string of the molecule is O=C(CC1CCCCC1)NCC(=O)N1CCCC1c1cccc2ccccc12. The molecule has 1 aliphatic carbocycles. The van der Waals surface area contributed by atoms with Crippen LogP contribution in [0.2, 0.25) is 0 Å². The van der Waals surface area contributed by atoms with Gasteiger partial charge in [0.25, 0.3) is 0 Å². The highest BCUT2D eigenvalue weighted by atomic mass is 16.2. The summed E-state index contributed by atoms with van der Waals surface area (Å²) in [6.07, 6.45) is 8.62. The van der Waals surface area contributed by atoms with E-state index in [4.69, 9.17) is 0 Å². The highest BCUT2D eigenvalue weighted by Gasteiger charge is 2.31. The first-order valence-electron chi connectivity index (χ1n) is 10.8. The number of nitrogens with zero attached hydrogens (tertiary/aromatic N) is 1. The van der Waals surface area contributed by atoms with Crippen molar-refractivity contribution in [2.45, 2.75) is 57.4 Å². The molecular formula is C24H30N2O2. The Morgan fingerprint density at radius 2 is 1.71 bits per heavy atom. The molecule has 2 amide bonds. The summed E-state index contributed by atoms with van der Waals surface area (Å²) in [5, 5.41) is 5.31. The van der Waals surface area contributed by atoms with Crippen LogP contribution < -0.4 is 5.32 Å². The number of amides is 2. The lowest BCUT2D eigenvalue weighted by Crippen LogP contribution is -2.40.